The van der Waals surface area contributed by atoms with Gasteiger partial charge in [0.15, 0.2) is 24.3 Å². The molecule has 0 spiro atoms. The zero-order chi connectivity index (χ0) is 57.7. The fourth-order valence-electron chi connectivity index (χ4n) is 7.91. The first-order valence-corrected chi connectivity index (χ1v) is 21.9. The molecule has 0 aliphatic heterocycles. The van der Waals surface area contributed by atoms with Crippen LogP contribution in [-0.4, -0.2) is 0 Å². The average Bonchev–Trinajstić information content (AvgIpc) is 3.33. The molecule has 0 atom stereocenters. The van der Waals surface area contributed by atoms with E-state index in [-0.39, 0.29) is 22.4 Å². The standard InChI is InChI=1S/C16H20N.3C15H18N/c1-11-8-6-7-9-15(11)16-10-12(2)13(3)14(4)17(16)5;2*1-11-8-9-14(13(3)12(11)2)15-7-5-6-10-16(15)4;1-11-9-12(2)13(3)14(10-11)15-7-5-6-8-16(15)4/h6-10H,1-5H3;3*5-10H,1-4H3/q4*+1/i3D3,4D3;1D3,2D3;;. The highest BCUT2D eigenvalue weighted by molar-refractivity contribution is 5.66. The lowest BCUT2D eigenvalue weighted by atomic mass is 9.96. The molecule has 0 aliphatic rings. The van der Waals surface area contributed by atoms with E-state index in [9.17, 15) is 0 Å². The molecule has 4 heterocycles. The molecule has 0 saturated carbocycles. The molecule has 4 aromatic carbocycles. The van der Waals surface area contributed by atoms with Crippen LogP contribution in [0.25, 0.3) is 45.0 Å². The number of aromatic nitrogens is 4. The largest absolute Gasteiger partial charge is 0.212 e. The number of hydrogen-bond acceptors (Lipinski definition) is 0. The topological polar surface area (TPSA) is 15.5 Å². The Balaban J connectivity index is 0.000000192. The van der Waals surface area contributed by atoms with Crippen molar-refractivity contribution in [2.45, 2.75) is 89.7 Å². The quantitative estimate of drug-likeness (QED) is 0.157. The SMILES string of the molecule is Cc1cc(C)c(C)c(-c2cccc[n+]2C)c1.Cc1ccc(-c2cccc[n+]2C)c(C)c1C.[2H]C([2H])([2H])c1c(C)cc(-c2ccccc2C)[n+](C)c1C([2H])([2H])[2H].[2H]C([2H])([2H])c1ccc(-c2cccc[n+]2C)c(C)c1C([2H])([2H])[2H]. The van der Waals surface area contributed by atoms with Gasteiger partial charge in [0, 0.05) is 93.6 Å². The van der Waals surface area contributed by atoms with Crippen molar-refractivity contribution in [2.24, 2.45) is 28.2 Å². The second-order valence-electron chi connectivity index (χ2n) is 17.0. The number of rotatable bonds is 4. The maximum absolute atomic E-state index is 7.81. The van der Waals surface area contributed by atoms with Gasteiger partial charge in [-0.3, -0.25) is 0 Å². The summed E-state index contributed by atoms with van der Waals surface area (Å²) in [6.45, 7) is 8.42. The van der Waals surface area contributed by atoms with Crippen LogP contribution in [0.1, 0.15) is 88.9 Å². The van der Waals surface area contributed by atoms with Gasteiger partial charge in [0.05, 0.1) is 0 Å². The fourth-order valence-corrected chi connectivity index (χ4v) is 7.91. The molecule has 0 radical (unpaired) electrons. The first-order valence-electron chi connectivity index (χ1n) is 27.9. The van der Waals surface area contributed by atoms with E-state index >= 15 is 0 Å². The summed E-state index contributed by atoms with van der Waals surface area (Å²) < 4.78 is 100. The van der Waals surface area contributed by atoms with Crippen LogP contribution in [0, 0.1) is 89.7 Å². The highest BCUT2D eigenvalue weighted by Gasteiger charge is 2.18. The van der Waals surface area contributed by atoms with Crippen molar-refractivity contribution in [2.75, 3.05) is 0 Å². The molecule has 0 amide bonds. The van der Waals surface area contributed by atoms with Crippen molar-refractivity contribution in [3.8, 4) is 45.0 Å². The summed E-state index contributed by atoms with van der Waals surface area (Å²) in [5, 5.41) is 0. The van der Waals surface area contributed by atoms with Crippen LogP contribution in [0.2, 0.25) is 0 Å². The molecular formula is C61H74N4+4. The van der Waals surface area contributed by atoms with E-state index in [1.165, 1.54) is 66.5 Å². The van der Waals surface area contributed by atoms with Crippen molar-refractivity contribution in [1.82, 2.24) is 0 Å². The summed E-state index contributed by atoms with van der Waals surface area (Å²) in [6, 6.07) is 39.6. The molecule has 4 nitrogen and oxygen atoms in total. The van der Waals surface area contributed by atoms with E-state index in [0.29, 0.717) is 16.8 Å². The molecule has 0 saturated heterocycles. The van der Waals surface area contributed by atoms with Gasteiger partial charge in [0.2, 0.25) is 22.8 Å². The first-order chi connectivity index (χ1) is 35.7. The average molecular weight is 875 g/mol. The predicted molar refractivity (Wildman–Crippen MR) is 274 cm³/mol. The fraction of sp³-hybridized carbons (Fsp3) is 0.279. The van der Waals surface area contributed by atoms with Gasteiger partial charge in [0.1, 0.15) is 28.2 Å². The number of aryl methyl sites for hydroxylation is 9. The molecular weight excluding hydrogens is 789 g/mol. The Hall–Kier alpha value is -6.52. The zero-order valence-corrected chi connectivity index (χ0v) is 40.6. The van der Waals surface area contributed by atoms with Gasteiger partial charge < -0.3 is 0 Å². The van der Waals surface area contributed by atoms with Gasteiger partial charge in [0.25, 0.3) is 0 Å². The summed E-state index contributed by atoms with van der Waals surface area (Å²) in [4.78, 5) is 0. The first kappa shape index (κ1) is 34.8. The Labute approximate surface area is 409 Å². The van der Waals surface area contributed by atoms with E-state index in [1.807, 2.05) is 67.2 Å². The lowest BCUT2D eigenvalue weighted by Crippen LogP contribution is -2.36. The summed E-state index contributed by atoms with van der Waals surface area (Å²) in [6.07, 6.45) is 6.04. The molecule has 4 heteroatoms. The zero-order valence-electron chi connectivity index (χ0n) is 52.6. The van der Waals surface area contributed by atoms with E-state index in [0.717, 1.165) is 22.4 Å². The van der Waals surface area contributed by atoms with Gasteiger partial charge in [-0.05, 0) is 181 Å². The number of hydrogen-bond donors (Lipinski definition) is 0. The maximum atomic E-state index is 7.81. The number of benzene rings is 4. The van der Waals surface area contributed by atoms with Gasteiger partial charge in [-0.2, -0.15) is 4.57 Å². The minimum atomic E-state index is -2.51. The van der Waals surface area contributed by atoms with E-state index in [1.54, 1.807) is 33.0 Å². The van der Waals surface area contributed by atoms with Crippen LogP contribution < -0.4 is 18.3 Å². The Bertz CT molecular complexity index is 3400. The molecule has 334 valence electrons. The lowest BCUT2D eigenvalue weighted by molar-refractivity contribution is -0.667. The van der Waals surface area contributed by atoms with E-state index in [4.69, 9.17) is 16.4 Å². The Morgan fingerprint density at radius 2 is 0.815 bits per heavy atom. The molecule has 0 aliphatic carbocycles. The molecule has 0 fully saturated rings. The smallest absolute Gasteiger partial charge is 0.201 e. The summed E-state index contributed by atoms with van der Waals surface area (Å²) in [5.41, 5.74) is 18.1. The third kappa shape index (κ3) is 11.6. The van der Waals surface area contributed by atoms with Crippen LogP contribution in [0.4, 0.5) is 0 Å². The molecule has 0 N–H and O–H groups in total. The van der Waals surface area contributed by atoms with Crippen molar-refractivity contribution in [3.05, 3.63) is 212 Å². The normalized spacial score (nSPS) is 14.0. The van der Waals surface area contributed by atoms with Crippen LogP contribution >= 0.6 is 0 Å². The maximum Gasteiger partial charge on any atom is 0.212 e. The van der Waals surface area contributed by atoms with Crippen LogP contribution in [-0.2, 0) is 28.2 Å². The van der Waals surface area contributed by atoms with E-state index < -0.39 is 27.4 Å². The van der Waals surface area contributed by atoms with Gasteiger partial charge in [-0.15, -0.1) is 0 Å². The summed E-state index contributed by atoms with van der Waals surface area (Å²) in [7, 11) is 7.65. The Kier molecular flexibility index (Phi) is 11.7. The predicted octanol–water partition coefficient (Wildman–Crippen LogP) is 12.7. The molecule has 65 heavy (non-hydrogen) atoms. The van der Waals surface area contributed by atoms with Crippen molar-refractivity contribution in [3.63, 3.8) is 0 Å². The van der Waals surface area contributed by atoms with Crippen molar-refractivity contribution in [1.29, 1.82) is 0 Å². The second kappa shape index (κ2) is 21.9. The Morgan fingerprint density at radius 3 is 1.32 bits per heavy atom. The summed E-state index contributed by atoms with van der Waals surface area (Å²) in [5.74, 6) is 0. The summed E-state index contributed by atoms with van der Waals surface area (Å²) >= 11 is 0. The molecule has 0 unspecified atom stereocenters. The lowest BCUT2D eigenvalue weighted by Gasteiger charge is -2.09. The van der Waals surface area contributed by atoms with Crippen molar-refractivity contribution < 1.29 is 34.7 Å². The van der Waals surface area contributed by atoms with Crippen LogP contribution in [0.3, 0.4) is 0 Å². The highest BCUT2D eigenvalue weighted by Crippen LogP contribution is 2.27. The molecule has 4 aromatic heterocycles. The molecule has 8 rings (SSSR count). The van der Waals surface area contributed by atoms with E-state index in [2.05, 4.69) is 138 Å². The van der Waals surface area contributed by atoms with Crippen molar-refractivity contribution >= 4 is 0 Å². The monoisotopic (exact) mass is 875 g/mol. The van der Waals surface area contributed by atoms with Gasteiger partial charge in [-0.25, -0.2) is 13.7 Å². The molecule has 8 aromatic rings. The number of nitrogens with zero attached hydrogens (tertiary/aromatic N) is 4. The van der Waals surface area contributed by atoms with Crippen LogP contribution in [0.15, 0.2) is 140 Å². The minimum Gasteiger partial charge on any atom is -0.201 e. The highest BCUT2D eigenvalue weighted by atomic mass is 14.9. The second-order valence-corrected chi connectivity index (χ2v) is 17.0. The Morgan fingerprint density at radius 1 is 0.323 bits per heavy atom. The minimum absolute atomic E-state index is 0.0751. The van der Waals surface area contributed by atoms with Gasteiger partial charge >= 0.3 is 0 Å². The van der Waals surface area contributed by atoms with Gasteiger partial charge in [-0.1, -0.05) is 42.0 Å². The molecule has 0 bridgehead atoms. The van der Waals surface area contributed by atoms with Crippen LogP contribution in [0.5, 0.6) is 0 Å². The number of pyridine rings is 4. The third-order valence-corrected chi connectivity index (χ3v) is 12.4. The third-order valence-electron chi connectivity index (χ3n) is 12.4.